The molecule has 0 unspecified atom stereocenters. The summed E-state index contributed by atoms with van der Waals surface area (Å²) in [7, 11) is 2.01. The van der Waals surface area contributed by atoms with Crippen LogP contribution in [0.25, 0.3) is 11.0 Å². The van der Waals surface area contributed by atoms with Crippen molar-refractivity contribution in [2.24, 2.45) is 5.41 Å². The monoisotopic (exact) mass is 470 g/mol. The maximum absolute atomic E-state index is 12.5. The molecule has 35 heavy (non-hydrogen) atoms. The number of carbonyl (C=O) groups is 1. The number of hydrogen-bond acceptors (Lipinski definition) is 6. The lowest BCUT2D eigenvalue weighted by Crippen LogP contribution is -2.46. The molecule has 0 atom stereocenters. The van der Waals surface area contributed by atoms with Crippen LogP contribution in [0.4, 0.5) is 11.5 Å². The molecule has 2 aromatic heterocycles. The van der Waals surface area contributed by atoms with Crippen molar-refractivity contribution in [3.05, 3.63) is 53.7 Å². The van der Waals surface area contributed by atoms with E-state index in [4.69, 9.17) is 4.98 Å². The minimum absolute atomic E-state index is 0.169. The molecule has 1 aliphatic carbocycles. The van der Waals surface area contributed by atoms with Gasteiger partial charge in [-0.2, -0.15) is 5.26 Å². The van der Waals surface area contributed by atoms with Gasteiger partial charge in [-0.3, -0.25) is 4.79 Å². The van der Waals surface area contributed by atoms with Gasteiger partial charge in [0.25, 0.3) is 0 Å². The summed E-state index contributed by atoms with van der Waals surface area (Å²) in [5.41, 5.74) is 3.16. The molecule has 2 fully saturated rings. The highest BCUT2D eigenvalue weighted by atomic mass is 16.1. The molecule has 1 N–H and O–H groups in total. The molecule has 7 nitrogen and oxygen atoms in total. The van der Waals surface area contributed by atoms with Gasteiger partial charge in [-0.25, -0.2) is 4.98 Å². The van der Waals surface area contributed by atoms with Crippen LogP contribution in [0.5, 0.6) is 0 Å². The molecule has 0 radical (unpaired) electrons. The SMILES string of the molecule is CN[C@H]1C[C@H](n2cc(C#N)c3ccc(N4CCN(c5ccc(C(=O)C(C)(C)C)cc5)CC4)nc32)C1. The Hall–Kier alpha value is -3.37. The highest BCUT2D eigenvalue weighted by Gasteiger charge is 2.31. The fourth-order valence-corrected chi connectivity index (χ4v) is 5.16. The lowest BCUT2D eigenvalue weighted by molar-refractivity contribution is 0.0858. The van der Waals surface area contributed by atoms with Crippen LogP contribution in [0.2, 0.25) is 0 Å². The predicted molar refractivity (Wildman–Crippen MR) is 140 cm³/mol. The van der Waals surface area contributed by atoms with E-state index in [0.717, 1.165) is 67.1 Å². The predicted octanol–water partition coefficient (Wildman–Crippen LogP) is 4.39. The van der Waals surface area contributed by atoms with Crippen molar-refractivity contribution in [3.63, 3.8) is 0 Å². The Morgan fingerprint density at radius 3 is 2.29 bits per heavy atom. The van der Waals surface area contributed by atoms with Gasteiger partial charge >= 0.3 is 0 Å². The van der Waals surface area contributed by atoms with E-state index in [1.54, 1.807) is 0 Å². The van der Waals surface area contributed by atoms with Crippen molar-refractivity contribution < 1.29 is 4.79 Å². The zero-order valence-electron chi connectivity index (χ0n) is 21.1. The van der Waals surface area contributed by atoms with E-state index in [0.29, 0.717) is 17.6 Å². The average Bonchev–Trinajstić information content (AvgIpc) is 3.20. The minimum Gasteiger partial charge on any atom is -0.368 e. The summed E-state index contributed by atoms with van der Waals surface area (Å²) < 4.78 is 2.21. The molecule has 3 heterocycles. The van der Waals surface area contributed by atoms with Crippen molar-refractivity contribution >= 4 is 28.3 Å². The summed E-state index contributed by atoms with van der Waals surface area (Å²) in [6.07, 6.45) is 4.11. The molecule has 1 aromatic carbocycles. The van der Waals surface area contributed by atoms with Crippen LogP contribution in [0.1, 0.15) is 55.6 Å². The molecule has 2 aliphatic rings. The van der Waals surface area contributed by atoms with E-state index in [2.05, 4.69) is 44.0 Å². The van der Waals surface area contributed by atoms with Crippen LogP contribution in [0, 0.1) is 16.7 Å². The molecule has 7 heteroatoms. The highest BCUT2D eigenvalue weighted by molar-refractivity contribution is 6.00. The second-order valence-corrected chi connectivity index (χ2v) is 10.8. The molecule has 0 spiro atoms. The number of pyridine rings is 1. The lowest BCUT2D eigenvalue weighted by atomic mass is 9.86. The minimum atomic E-state index is -0.373. The number of benzene rings is 1. The van der Waals surface area contributed by atoms with Crippen molar-refractivity contribution in [2.45, 2.75) is 45.7 Å². The Bertz CT molecular complexity index is 1270. The average molecular weight is 471 g/mol. The Morgan fingerprint density at radius 1 is 1.03 bits per heavy atom. The highest BCUT2D eigenvalue weighted by Crippen LogP contribution is 2.36. The second kappa shape index (κ2) is 9.01. The summed E-state index contributed by atoms with van der Waals surface area (Å²) >= 11 is 0. The first-order valence-corrected chi connectivity index (χ1v) is 12.5. The molecule has 1 saturated heterocycles. The van der Waals surface area contributed by atoms with Crippen molar-refractivity contribution in [1.29, 1.82) is 5.26 Å². The summed E-state index contributed by atoms with van der Waals surface area (Å²) in [5, 5.41) is 13.9. The first kappa shape index (κ1) is 23.4. The van der Waals surface area contributed by atoms with Crippen molar-refractivity contribution in [2.75, 3.05) is 43.0 Å². The number of hydrogen-bond donors (Lipinski definition) is 1. The number of ketones is 1. The molecular formula is C28H34N6O. The topological polar surface area (TPSA) is 77.2 Å². The molecule has 1 aliphatic heterocycles. The third-order valence-electron chi connectivity index (χ3n) is 7.48. The van der Waals surface area contributed by atoms with Crippen LogP contribution in [-0.4, -0.2) is 54.6 Å². The van der Waals surface area contributed by atoms with E-state index in [1.165, 1.54) is 0 Å². The van der Waals surface area contributed by atoms with Gasteiger partial charge in [-0.05, 0) is 56.3 Å². The largest absolute Gasteiger partial charge is 0.368 e. The zero-order valence-corrected chi connectivity index (χ0v) is 21.1. The van der Waals surface area contributed by atoms with Gasteiger partial charge in [0.2, 0.25) is 0 Å². The Morgan fingerprint density at radius 2 is 1.69 bits per heavy atom. The fraction of sp³-hybridized carbons (Fsp3) is 0.464. The Labute approximate surface area is 207 Å². The van der Waals surface area contributed by atoms with Gasteiger partial charge in [0.15, 0.2) is 5.78 Å². The Kier molecular flexibility index (Phi) is 6.02. The van der Waals surface area contributed by atoms with E-state index < -0.39 is 0 Å². The molecule has 5 rings (SSSR count). The van der Waals surface area contributed by atoms with Crippen LogP contribution >= 0.6 is 0 Å². The number of anilines is 2. The second-order valence-electron chi connectivity index (χ2n) is 10.8. The summed E-state index contributed by atoms with van der Waals surface area (Å²) in [6.45, 7) is 9.40. The number of Topliss-reactive ketones (excluding diaryl/α,β-unsaturated/α-hetero) is 1. The van der Waals surface area contributed by atoms with Gasteiger partial charge in [0, 0.05) is 66.5 Å². The lowest BCUT2D eigenvalue weighted by Gasteiger charge is -2.37. The first-order chi connectivity index (χ1) is 16.8. The zero-order chi connectivity index (χ0) is 24.7. The van der Waals surface area contributed by atoms with Crippen LogP contribution in [-0.2, 0) is 0 Å². The van der Waals surface area contributed by atoms with Crippen molar-refractivity contribution in [3.8, 4) is 6.07 Å². The number of nitrogens with one attached hydrogen (secondary N) is 1. The van der Waals surface area contributed by atoms with Gasteiger partial charge in [0.05, 0.1) is 5.56 Å². The smallest absolute Gasteiger partial charge is 0.168 e. The van der Waals surface area contributed by atoms with Crippen LogP contribution in [0.3, 0.4) is 0 Å². The number of carbonyl (C=O) groups excluding carboxylic acids is 1. The van der Waals surface area contributed by atoms with Crippen molar-refractivity contribution in [1.82, 2.24) is 14.9 Å². The number of nitriles is 1. The van der Waals surface area contributed by atoms with E-state index >= 15 is 0 Å². The number of fused-ring (bicyclic) bond motifs is 1. The van der Waals surface area contributed by atoms with Gasteiger partial charge in [-0.15, -0.1) is 0 Å². The maximum Gasteiger partial charge on any atom is 0.168 e. The first-order valence-electron chi connectivity index (χ1n) is 12.5. The van der Waals surface area contributed by atoms with Gasteiger partial charge < -0.3 is 19.7 Å². The normalized spacial score (nSPS) is 20.5. The molecule has 3 aromatic rings. The Balaban J connectivity index is 1.29. The van der Waals surface area contributed by atoms with Gasteiger partial charge in [-0.1, -0.05) is 20.8 Å². The van der Waals surface area contributed by atoms with Crippen LogP contribution in [0.15, 0.2) is 42.6 Å². The summed E-state index contributed by atoms with van der Waals surface area (Å²) in [4.78, 5) is 22.3. The number of nitrogens with zero attached hydrogens (tertiary/aromatic N) is 5. The molecule has 1 saturated carbocycles. The fourth-order valence-electron chi connectivity index (χ4n) is 5.16. The molecule has 0 amide bonds. The van der Waals surface area contributed by atoms with Crippen LogP contribution < -0.4 is 15.1 Å². The quantitative estimate of drug-likeness (QED) is 0.558. The maximum atomic E-state index is 12.5. The molecular weight excluding hydrogens is 436 g/mol. The van der Waals surface area contributed by atoms with E-state index in [9.17, 15) is 10.1 Å². The van der Waals surface area contributed by atoms with E-state index in [-0.39, 0.29) is 11.2 Å². The number of piperazine rings is 1. The standard InChI is InChI=1S/C28H34N6O/c1-28(2,3)26(35)19-5-7-22(8-6-19)32-11-13-33(14-12-32)25-10-9-24-20(17-29)18-34(27(24)31-25)23-15-21(16-23)30-4/h5-10,18,21,23,30H,11-16H2,1-4H3/t21-,23-. The third kappa shape index (κ3) is 4.39. The third-order valence-corrected chi connectivity index (χ3v) is 7.48. The number of aromatic nitrogens is 2. The summed E-state index contributed by atoms with van der Waals surface area (Å²) in [6, 6.07) is 15.4. The van der Waals surface area contributed by atoms with Gasteiger partial charge in [0.1, 0.15) is 17.5 Å². The number of rotatable bonds is 5. The van der Waals surface area contributed by atoms with E-state index in [1.807, 2.05) is 52.2 Å². The molecule has 182 valence electrons. The summed E-state index contributed by atoms with van der Waals surface area (Å²) in [5.74, 6) is 1.14. The molecule has 0 bridgehead atoms.